The maximum Gasteiger partial charge on any atom is 0.254 e. The molecular formula is C25H32I2N6O2S2. The van der Waals surface area contributed by atoms with Crippen LogP contribution in [-0.2, 0) is 14.1 Å². The summed E-state index contributed by atoms with van der Waals surface area (Å²) in [6.07, 6.45) is 16.1. The normalized spacial score (nSPS) is 10.4. The van der Waals surface area contributed by atoms with Crippen LogP contribution in [0.5, 0.6) is 11.8 Å². The number of aryl methyl sites for hydroxylation is 2. The lowest BCUT2D eigenvalue weighted by atomic mass is 10.1. The Morgan fingerprint density at radius 3 is 1.43 bits per heavy atom. The molecule has 0 aliphatic rings. The quantitative estimate of drug-likeness (QED) is 0.0892. The van der Waals surface area contributed by atoms with Gasteiger partial charge in [-0.2, -0.15) is 8.75 Å². The molecule has 8 nitrogen and oxygen atoms in total. The number of ether oxygens (including phenoxy) is 2. The molecular weight excluding hydrogens is 734 g/mol. The molecule has 0 spiro atoms. The predicted octanol–water partition coefficient (Wildman–Crippen LogP) is -1.43. The van der Waals surface area contributed by atoms with Gasteiger partial charge in [0.15, 0.2) is 36.2 Å². The number of pyridine rings is 2. The molecule has 0 radical (unpaired) electrons. The van der Waals surface area contributed by atoms with E-state index in [-0.39, 0.29) is 48.0 Å². The molecule has 4 heterocycles. The topological polar surface area (TPSA) is 77.8 Å². The van der Waals surface area contributed by atoms with Crippen molar-refractivity contribution in [2.45, 2.75) is 44.9 Å². The summed E-state index contributed by atoms with van der Waals surface area (Å²) in [5.74, 6) is 1.28. The molecule has 0 bridgehead atoms. The number of halogens is 2. The Kier molecular flexibility index (Phi) is 14.7. The fraction of sp³-hybridized carbons (Fsp3) is 0.440. The van der Waals surface area contributed by atoms with Gasteiger partial charge in [0, 0.05) is 12.1 Å². The van der Waals surface area contributed by atoms with Gasteiger partial charge in [-0.05, 0) is 25.0 Å². The summed E-state index contributed by atoms with van der Waals surface area (Å²) in [5, 5.41) is 0. The average molecular weight is 767 g/mol. The van der Waals surface area contributed by atoms with Crippen LogP contribution in [0.15, 0.2) is 49.1 Å². The molecule has 0 fully saturated rings. The molecule has 0 atom stereocenters. The van der Waals surface area contributed by atoms with Crippen LogP contribution in [-0.4, -0.2) is 30.7 Å². The fourth-order valence-corrected chi connectivity index (χ4v) is 4.82. The van der Waals surface area contributed by atoms with Gasteiger partial charge in [-0.25, -0.2) is 9.13 Å². The van der Waals surface area contributed by atoms with Crippen LogP contribution in [0.4, 0.5) is 0 Å². The van der Waals surface area contributed by atoms with E-state index < -0.39 is 0 Å². The van der Waals surface area contributed by atoms with E-state index in [4.69, 9.17) is 9.47 Å². The highest BCUT2D eigenvalue weighted by atomic mass is 127. The van der Waals surface area contributed by atoms with Gasteiger partial charge >= 0.3 is 0 Å². The first kappa shape index (κ1) is 31.7. The van der Waals surface area contributed by atoms with Gasteiger partial charge in [0.05, 0.1) is 47.8 Å². The molecule has 200 valence electrons. The third kappa shape index (κ3) is 9.94. The Morgan fingerprint density at radius 2 is 1.03 bits per heavy atom. The van der Waals surface area contributed by atoms with E-state index in [1.54, 1.807) is 0 Å². The average Bonchev–Trinajstić information content (AvgIpc) is 3.52. The van der Waals surface area contributed by atoms with Gasteiger partial charge in [0.1, 0.15) is 14.1 Å². The molecule has 0 aliphatic carbocycles. The minimum absolute atomic E-state index is 0. The smallest absolute Gasteiger partial charge is 0.254 e. The zero-order valence-electron chi connectivity index (χ0n) is 21.1. The van der Waals surface area contributed by atoms with Crippen LogP contribution in [0.1, 0.15) is 44.9 Å². The maximum absolute atomic E-state index is 5.91. The van der Waals surface area contributed by atoms with Crippen molar-refractivity contribution < 1.29 is 66.6 Å². The predicted molar refractivity (Wildman–Crippen MR) is 136 cm³/mol. The van der Waals surface area contributed by atoms with Crippen molar-refractivity contribution in [3.63, 3.8) is 0 Å². The van der Waals surface area contributed by atoms with E-state index in [0.29, 0.717) is 25.0 Å². The number of hydrogen-bond donors (Lipinski definition) is 0. The molecule has 0 aromatic carbocycles. The highest BCUT2D eigenvalue weighted by Gasteiger charge is 2.15. The van der Waals surface area contributed by atoms with Crippen LogP contribution in [0, 0.1) is 0 Å². The molecule has 12 heteroatoms. The van der Waals surface area contributed by atoms with Crippen molar-refractivity contribution in [3.8, 4) is 34.3 Å². The molecule has 4 rings (SSSR count). The van der Waals surface area contributed by atoms with Gasteiger partial charge in [-0.15, -0.1) is 8.75 Å². The number of nitrogens with zero attached hydrogens (tertiary/aromatic N) is 6. The highest BCUT2D eigenvalue weighted by molar-refractivity contribution is 6.99. The first-order chi connectivity index (χ1) is 17.2. The standard InChI is InChI=1S/C25H32N6O2S2.2HI/c1-30-14-10-12-20(18-30)22-24(28-34-26-22)32-16-8-6-4-3-5-7-9-17-33-25-23(27-35-29-25)21-13-11-15-31(2)19-21;;/h10-15,18-19H,3-9,16-17H2,1-2H3;2*1H/q+2;;/p-2. The van der Waals surface area contributed by atoms with Crippen molar-refractivity contribution in [1.82, 2.24) is 17.5 Å². The Labute approximate surface area is 261 Å². The Hall–Kier alpha value is -1.52. The third-order valence-electron chi connectivity index (χ3n) is 5.61. The second-order valence-electron chi connectivity index (χ2n) is 8.52. The second kappa shape index (κ2) is 17.1. The minimum Gasteiger partial charge on any atom is -1.00 e. The van der Waals surface area contributed by atoms with Gasteiger partial charge < -0.3 is 57.4 Å². The van der Waals surface area contributed by atoms with E-state index in [0.717, 1.165) is 48.2 Å². The molecule has 0 unspecified atom stereocenters. The summed E-state index contributed by atoms with van der Waals surface area (Å²) in [7, 11) is 3.99. The van der Waals surface area contributed by atoms with E-state index in [1.807, 2.05) is 72.3 Å². The Balaban J connectivity index is 0.00000241. The summed E-state index contributed by atoms with van der Waals surface area (Å²) in [6.45, 7) is 1.35. The Morgan fingerprint density at radius 1 is 0.622 bits per heavy atom. The zero-order valence-corrected chi connectivity index (χ0v) is 27.0. The Bertz CT molecular complexity index is 1120. The third-order valence-corrected chi connectivity index (χ3v) is 6.63. The first-order valence-electron chi connectivity index (χ1n) is 12.0. The van der Waals surface area contributed by atoms with Gasteiger partial charge in [-0.3, -0.25) is 0 Å². The monoisotopic (exact) mass is 766 g/mol. The van der Waals surface area contributed by atoms with Gasteiger partial charge in [-0.1, -0.05) is 32.1 Å². The number of rotatable bonds is 14. The maximum atomic E-state index is 5.91. The summed E-state index contributed by atoms with van der Waals surface area (Å²) < 4.78 is 33.3. The molecule has 0 N–H and O–H groups in total. The lowest BCUT2D eigenvalue weighted by molar-refractivity contribution is -0.671. The minimum atomic E-state index is 0. The number of unbranched alkanes of at least 4 members (excludes halogenated alkanes) is 6. The van der Waals surface area contributed by atoms with E-state index in [1.165, 1.54) is 42.7 Å². The van der Waals surface area contributed by atoms with Crippen LogP contribution in [0.3, 0.4) is 0 Å². The molecule has 0 saturated heterocycles. The summed E-state index contributed by atoms with van der Waals surface area (Å²) in [5.41, 5.74) is 3.71. The fourth-order valence-electron chi connectivity index (χ4n) is 3.78. The van der Waals surface area contributed by atoms with Gasteiger partial charge in [0.2, 0.25) is 0 Å². The van der Waals surface area contributed by atoms with E-state index >= 15 is 0 Å². The lowest BCUT2D eigenvalue weighted by Gasteiger charge is -2.06. The first-order valence-corrected chi connectivity index (χ1v) is 13.5. The largest absolute Gasteiger partial charge is 1.00 e. The SMILES string of the molecule is C[n+]1cccc(-c2nsnc2OCCCCCCCCCOc2nsnc2-c2ccc[n+](C)c2)c1.[I-].[I-]. The molecule has 0 aliphatic heterocycles. The van der Waals surface area contributed by atoms with Crippen molar-refractivity contribution in [1.29, 1.82) is 0 Å². The van der Waals surface area contributed by atoms with Crippen molar-refractivity contribution in [3.05, 3.63) is 49.1 Å². The van der Waals surface area contributed by atoms with Crippen LogP contribution < -0.4 is 66.6 Å². The highest BCUT2D eigenvalue weighted by Crippen LogP contribution is 2.28. The van der Waals surface area contributed by atoms with Crippen molar-refractivity contribution in [2.75, 3.05) is 13.2 Å². The molecule has 0 amide bonds. The number of aromatic nitrogens is 6. The summed E-state index contributed by atoms with van der Waals surface area (Å²) >= 11 is 2.39. The van der Waals surface area contributed by atoms with Crippen LogP contribution >= 0.6 is 23.5 Å². The van der Waals surface area contributed by atoms with E-state index in [9.17, 15) is 0 Å². The van der Waals surface area contributed by atoms with Gasteiger partial charge in [0.25, 0.3) is 11.8 Å². The summed E-state index contributed by atoms with van der Waals surface area (Å²) in [4.78, 5) is 0. The second-order valence-corrected chi connectivity index (χ2v) is 9.58. The molecule has 0 saturated carbocycles. The summed E-state index contributed by atoms with van der Waals surface area (Å²) in [6, 6.07) is 8.07. The lowest BCUT2D eigenvalue weighted by Crippen LogP contribution is -3.00. The zero-order chi connectivity index (χ0) is 24.3. The van der Waals surface area contributed by atoms with Crippen LogP contribution in [0.2, 0.25) is 0 Å². The molecule has 4 aromatic heterocycles. The number of hydrogen-bond acceptors (Lipinski definition) is 8. The molecule has 37 heavy (non-hydrogen) atoms. The van der Waals surface area contributed by atoms with Crippen LogP contribution in [0.25, 0.3) is 22.5 Å². The van der Waals surface area contributed by atoms with E-state index in [2.05, 4.69) is 17.5 Å². The van der Waals surface area contributed by atoms with Crippen molar-refractivity contribution in [2.24, 2.45) is 14.1 Å². The molecule has 4 aromatic rings. The van der Waals surface area contributed by atoms with Crippen molar-refractivity contribution >= 4 is 23.5 Å².